The van der Waals surface area contributed by atoms with Crippen molar-refractivity contribution in [2.75, 3.05) is 11.1 Å². The molecular weight excluding hydrogens is 404 g/mol. The van der Waals surface area contributed by atoms with Crippen LogP contribution < -0.4 is 10.7 Å². The molecule has 0 unspecified atom stereocenters. The molecule has 2 N–H and O–H groups in total. The first-order valence-electron chi connectivity index (χ1n) is 8.97. The van der Waals surface area contributed by atoms with Crippen LogP contribution in [0.5, 0.6) is 0 Å². The zero-order chi connectivity index (χ0) is 20.5. The van der Waals surface area contributed by atoms with Crippen molar-refractivity contribution in [1.82, 2.24) is 20.2 Å². The van der Waals surface area contributed by atoms with Crippen LogP contribution >= 0.6 is 23.1 Å². The molecule has 0 saturated heterocycles. The second-order valence-electron chi connectivity index (χ2n) is 6.11. The van der Waals surface area contributed by atoms with Gasteiger partial charge in [-0.2, -0.15) is 5.10 Å². The third-order valence-electron chi connectivity index (χ3n) is 3.86. The number of benzene rings is 1. The lowest BCUT2D eigenvalue weighted by Gasteiger charge is -2.09. The standard InChI is InChI=1S/C20H22N6OS2/c1-3-10-26-18(13-21-16-8-6-15(2)7-9-16)23-25-20(26)29-14-19(27)24-22-12-17-5-4-11-28-17/h3-9,11-12,21H,1,10,13-14H2,2H3,(H,24,27)/b22-12-. The van der Waals surface area contributed by atoms with Gasteiger partial charge in [0.05, 0.1) is 18.5 Å². The van der Waals surface area contributed by atoms with Gasteiger partial charge in [0.15, 0.2) is 11.0 Å². The first-order chi connectivity index (χ1) is 14.2. The molecule has 0 radical (unpaired) electrons. The molecule has 0 bridgehead atoms. The van der Waals surface area contributed by atoms with Crippen LogP contribution in [0.1, 0.15) is 16.3 Å². The van der Waals surface area contributed by atoms with Gasteiger partial charge >= 0.3 is 0 Å². The zero-order valence-electron chi connectivity index (χ0n) is 16.0. The number of aromatic nitrogens is 3. The average molecular weight is 427 g/mol. The summed E-state index contributed by atoms with van der Waals surface area (Å²) in [5.41, 5.74) is 4.75. The Hall–Kier alpha value is -2.91. The van der Waals surface area contributed by atoms with Gasteiger partial charge in [-0.15, -0.1) is 28.1 Å². The van der Waals surface area contributed by atoms with E-state index in [2.05, 4.69) is 51.7 Å². The van der Waals surface area contributed by atoms with Gasteiger partial charge in [0.1, 0.15) is 0 Å². The van der Waals surface area contributed by atoms with Crippen LogP contribution in [-0.4, -0.2) is 32.6 Å². The molecule has 29 heavy (non-hydrogen) atoms. The lowest BCUT2D eigenvalue weighted by atomic mass is 10.2. The molecule has 2 heterocycles. The smallest absolute Gasteiger partial charge is 0.250 e. The third kappa shape index (κ3) is 6.30. The number of anilines is 1. The number of nitrogens with one attached hydrogen (secondary N) is 2. The van der Waals surface area contributed by atoms with Gasteiger partial charge in [0, 0.05) is 17.1 Å². The number of hydrogen-bond donors (Lipinski definition) is 2. The highest BCUT2D eigenvalue weighted by molar-refractivity contribution is 7.99. The van der Waals surface area contributed by atoms with Crippen LogP contribution in [0.4, 0.5) is 5.69 Å². The number of carbonyl (C=O) groups is 1. The Morgan fingerprint density at radius 1 is 1.31 bits per heavy atom. The van der Waals surface area contributed by atoms with Crippen molar-refractivity contribution in [3.8, 4) is 0 Å². The molecule has 0 fully saturated rings. The van der Waals surface area contributed by atoms with E-state index in [1.165, 1.54) is 17.3 Å². The lowest BCUT2D eigenvalue weighted by molar-refractivity contribution is -0.118. The number of amides is 1. The monoisotopic (exact) mass is 426 g/mol. The molecule has 150 valence electrons. The van der Waals surface area contributed by atoms with Gasteiger partial charge in [-0.3, -0.25) is 4.79 Å². The fraction of sp³-hybridized carbons (Fsp3) is 0.200. The minimum atomic E-state index is -0.199. The van der Waals surface area contributed by atoms with Crippen LogP contribution in [0.25, 0.3) is 0 Å². The summed E-state index contributed by atoms with van der Waals surface area (Å²) in [6, 6.07) is 12.0. The summed E-state index contributed by atoms with van der Waals surface area (Å²) >= 11 is 2.87. The summed E-state index contributed by atoms with van der Waals surface area (Å²) in [7, 11) is 0. The first kappa shape index (κ1) is 20.8. The van der Waals surface area contributed by atoms with Crippen molar-refractivity contribution in [2.45, 2.75) is 25.2 Å². The summed E-state index contributed by atoms with van der Waals surface area (Å²) in [6.45, 7) is 6.95. The van der Waals surface area contributed by atoms with Crippen LogP contribution in [0.3, 0.4) is 0 Å². The SMILES string of the molecule is C=CCn1c(CNc2ccc(C)cc2)nnc1SCC(=O)N/N=C\c1cccs1. The Bertz CT molecular complexity index is 964. The Morgan fingerprint density at radius 3 is 2.86 bits per heavy atom. The van der Waals surface area contributed by atoms with E-state index >= 15 is 0 Å². The van der Waals surface area contributed by atoms with E-state index in [4.69, 9.17) is 0 Å². The molecule has 0 aliphatic carbocycles. The molecule has 0 aliphatic rings. The van der Waals surface area contributed by atoms with Gasteiger partial charge < -0.3 is 9.88 Å². The van der Waals surface area contributed by atoms with Crippen molar-refractivity contribution in [1.29, 1.82) is 0 Å². The highest BCUT2D eigenvalue weighted by Crippen LogP contribution is 2.18. The van der Waals surface area contributed by atoms with E-state index in [0.717, 1.165) is 16.4 Å². The minimum absolute atomic E-state index is 0.197. The molecule has 0 saturated carbocycles. The van der Waals surface area contributed by atoms with E-state index in [1.807, 2.05) is 34.2 Å². The second-order valence-corrected chi connectivity index (χ2v) is 8.04. The fourth-order valence-corrected chi connectivity index (χ4v) is 3.76. The predicted octanol–water partition coefficient (Wildman–Crippen LogP) is 3.69. The normalized spacial score (nSPS) is 10.9. The molecule has 2 aromatic heterocycles. The van der Waals surface area contributed by atoms with Gasteiger partial charge in [-0.1, -0.05) is 41.6 Å². The number of thioether (sulfide) groups is 1. The van der Waals surface area contributed by atoms with Crippen molar-refractivity contribution >= 4 is 40.9 Å². The molecular formula is C20H22N6OS2. The Labute approximate surface area is 177 Å². The maximum Gasteiger partial charge on any atom is 0.250 e. The molecule has 1 aromatic carbocycles. The van der Waals surface area contributed by atoms with E-state index in [-0.39, 0.29) is 11.7 Å². The van der Waals surface area contributed by atoms with Crippen molar-refractivity contribution < 1.29 is 4.79 Å². The molecule has 9 heteroatoms. The number of thiophene rings is 1. The number of hydrazone groups is 1. The third-order valence-corrected chi connectivity index (χ3v) is 5.64. The molecule has 0 spiro atoms. The van der Waals surface area contributed by atoms with E-state index in [0.29, 0.717) is 18.2 Å². The summed E-state index contributed by atoms with van der Waals surface area (Å²) in [5.74, 6) is 0.780. The van der Waals surface area contributed by atoms with Crippen molar-refractivity contribution in [3.63, 3.8) is 0 Å². The summed E-state index contributed by atoms with van der Waals surface area (Å²) < 4.78 is 1.95. The summed E-state index contributed by atoms with van der Waals surface area (Å²) in [4.78, 5) is 13.0. The van der Waals surface area contributed by atoms with Crippen LogP contribution in [0, 0.1) is 6.92 Å². The van der Waals surface area contributed by atoms with Gasteiger partial charge in [-0.25, -0.2) is 5.43 Å². The molecule has 3 rings (SSSR count). The average Bonchev–Trinajstić information content (AvgIpc) is 3.37. The summed E-state index contributed by atoms with van der Waals surface area (Å²) in [6.07, 6.45) is 3.41. The molecule has 7 nitrogen and oxygen atoms in total. The number of allylic oxidation sites excluding steroid dienone is 1. The summed E-state index contributed by atoms with van der Waals surface area (Å²) in [5, 5.41) is 18.4. The molecule has 3 aromatic rings. The number of hydrogen-bond acceptors (Lipinski definition) is 7. The quantitative estimate of drug-likeness (QED) is 0.224. The number of nitrogens with zero attached hydrogens (tertiary/aromatic N) is 4. The number of aryl methyl sites for hydroxylation is 1. The Kier molecular flexibility index (Phi) is 7.60. The topological polar surface area (TPSA) is 84.2 Å². The molecule has 0 aliphatic heterocycles. The zero-order valence-corrected chi connectivity index (χ0v) is 17.7. The first-order valence-corrected chi connectivity index (χ1v) is 10.8. The predicted molar refractivity (Wildman–Crippen MR) is 120 cm³/mol. The van der Waals surface area contributed by atoms with Crippen LogP contribution in [-0.2, 0) is 17.9 Å². The molecule has 1 amide bonds. The van der Waals surface area contributed by atoms with E-state index < -0.39 is 0 Å². The van der Waals surface area contributed by atoms with E-state index in [1.54, 1.807) is 23.6 Å². The van der Waals surface area contributed by atoms with E-state index in [9.17, 15) is 4.79 Å². The van der Waals surface area contributed by atoms with Gasteiger partial charge in [0.25, 0.3) is 5.91 Å². The van der Waals surface area contributed by atoms with Crippen LogP contribution in [0.2, 0.25) is 0 Å². The van der Waals surface area contributed by atoms with Crippen molar-refractivity contribution in [3.05, 3.63) is 70.7 Å². The van der Waals surface area contributed by atoms with Crippen molar-refractivity contribution in [2.24, 2.45) is 5.10 Å². The van der Waals surface area contributed by atoms with Gasteiger partial charge in [0.2, 0.25) is 0 Å². The Balaban J connectivity index is 1.55. The maximum absolute atomic E-state index is 12.0. The highest BCUT2D eigenvalue weighted by atomic mass is 32.2. The maximum atomic E-state index is 12.0. The van der Waals surface area contributed by atoms with Gasteiger partial charge in [-0.05, 0) is 30.5 Å². The largest absolute Gasteiger partial charge is 0.378 e. The van der Waals surface area contributed by atoms with Crippen LogP contribution in [0.15, 0.2) is 64.7 Å². The minimum Gasteiger partial charge on any atom is -0.378 e. The fourth-order valence-electron chi connectivity index (χ4n) is 2.42. The number of carbonyl (C=O) groups excluding carboxylic acids is 1. The second kappa shape index (κ2) is 10.6. The molecule has 0 atom stereocenters. The lowest BCUT2D eigenvalue weighted by Crippen LogP contribution is -2.20. The number of rotatable bonds is 10. The Morgan fingerprint density at radius 2 is 2.14 bits per heavy atom. The highest BCUT2D eigenvalue weighted by Gasteiger charge is 2.13.